The van der Waals surface area contributed by atoms with Gasteiger partial charge in [0.25, 0.3) is 5.69 Å². The van der Waals surface area contributed by atoms with E-state index in [0.717, 1.165) is 55.0 Å². The first kappa shape index (κ1) is 30.2. The van der Waals surface area contributed by atoms with Gasteiger partial charge in [-0.2, -0.15) is 0 Å². The number of aryl methyl sites for hydroxylation is 3. The average Bonchev–Trinajstić information content (AvgIpc) is 3.09. The SMILES string of the molecule is COc1cc2c(cc1OC)CN(CCCCc1ccc([N+](=O)[O-])cc1)C=C2.c1ccc2c(c1)ccc1c3c(ccc12)CCCC3. The van der Waals surface area contributed by atoms with E-state index >= 15 is 0 Å². The smallest absolute Gasteiger partial charge is 0.269 e. The molecule has 0 aromatic heterocycles. The number of hydrogen-bond donors (Lipinski definition) is 0. The topological polar surface area (TPSA) is 64.8 Å². The molecule has 5 aromatic rings. The van der Waals surface area contributed by atoms with Gasteiger partial charge < -0.3 is 14.4 Å². The van der Waals surface area contributed by atoms with Crippen molar-refractivity contribution in [3.05, 3.63) is 129 Å². The number of methoxy groups -OCH3 is 2. The Balaban J connectivity index is 0.000000171. The van der Waals surface area contributed by atoms with Crippen molar-refractivity contribution in [1.29, 1.82) is 0 Å². The van der Waals surface area contributed by atoms with E-state index in [0.29, 0.717) is 0 Å². The maximum absolute atomic E-state index is 10.7. The molecule has 0 unspecified atom stereocenters. The van der Waals surface area contributed by atoms with E-state index in [9.17, 15) is 10.1 Å². The van der Waals surface area contributed by atoms with Gasteiger partial charge in [0, 0.05) is 25.2 Å². The number of unbranched alkanes of at least 4 members (excludes halogenated alkanes) is 1. The Morgan fingerprint density at radius 3 is 2.33 bits per heavy atom. The number of nitro groups is 1. The fraction of sp³-hybridized carbons (Fsp3) is 0.282. The molecule has 0 N–H and O–H groups in total. The van der Waals surface area contributed by atoms with Gasteiger partial charge in [-0.25, -0.2) is 0 Å². The summed E-state index contributed by atoms with van der Waals surface area (Å²) >= 11 is 0. The van der Waals surface area contributed by atoms with Crippen molar-refractivity contribution < 1.29 is 14.4 Å². The van der Waals surface area contributed by atoms with Gasteiger partial charge in [-0.05, 0) is 119 Å². The Labute approximate surface area is 265 Å². The van der Waals surface area contributed by atoms with Gasteiger partial charge in [0.1, 0.15) is 0 Å². The van der Waals surface area contributed by atoms with Crippen LogP contribution in [0.5, 0.6) is 11.5 Å². The molecule has 5 aromatic carbocycles. The van der Waals surface area contributed by atoms with Gasteiger partial charge in [-0.15, -0.1) is 0 Å². The second-order valence-electron chi connectivity index (χ2n) is 11.9. The lowest BCUT2D eigenvalue weighted by Gasteiger charge is -2.26. The van der Waals surface area contributed by atoms with E-state index in [1.807, 2.05) is 24.3 Å². The molecule has 0 radical (unpaired) electrons. The Hall–Kier alpha value is -4.84. The maximum atomic E-state index is 10.7. The van der Waals surface area contributed by atoms with Gasteiger partial charge >= 0.3 is 0 Å². The summed E-state index contributed by atoms with van der Waals surface area (Å²) in [6, 6.07) is 28.8. The fourth-order valence-electron chi connectivity index (χ4n) is 6.61. The van der Waals surface area contributed by atoms with E-state index in [1.54, 1.807) is 37.5 Å². The van der Waals surface area contributed by atoms with Crippen molar-refractivity contribution in [3.8, 4) is 11.5 Å². The lowest BCUT2D eigenvalue weighted by atomic mass is 9.86. The van der Waals surface area contributed by atoms with E-state index in [1.165, 1.54) is 52.8 Å². The molecule has 0 amide bonds. The number of benzene rings is 5. The van der Waals surface area contributed by atoms with Crippen molar-refractivity contribution in [3.63, 3.8) is 0 Å². The number of nitro benzene ring substituents is 1. The Kier molecular flexibility index (Phi) is 9.30. The Morgan fingerprint density at radius 1 is 0.778 bits per heavy atom. The third kappa shape index (κ3) is 6.80. The van der Waals surface area contributed by atoms with Crippen LogP contribution in [0.3, 0.4) is 0 Å². The van der Waals surface area contributed by atoms with Crippen LogP contribution in [0.4, 0.5) is 5.69 Å². The molecule has 0 saturated heterocycles. The third-order valence-electron chi connectivity index (χ3n) is 9.05. The minimum atomic E-state index is -0.366. The first-order chi connectivity index (χ1) is 22.0. The summed E-state index contributed by atoms with van der Waals surface area (Å²) in [5.74, 6) is 1.50. The van der Waals surface area contributed by atoms with E-state index in [4.69, 9.17) is 9.47 Å². The standard InChI is InChI=1S/C21H24N2O4.C18H16/c1-26-20-13-17-10-12-22(15-18(17)14-21(20)27-2)11-4-3-5-16-6-8-19(9-7-16)23(24)25;1-3-7-15-13(5-1)9-11-18-16-8-4-2-6-14(16)10-12-17(15)18/h6-10,12-14H,3-5,11,15H2,1-2H3;1,3,5,7,9-12H,2,4,6,8H2. The van der Waals surface area contributed by atoms with E-state index in [2.05, 4.69) is 65.7 Å². The van der Waals surface area contributed by atoms with E-state index in [-0.39, 0.29) is 10.6 Å². The minimum Gasteiger partial charge on any atom is -0.493 e. The number of fused-ring (bicyclic) bond motifs is 6. The van der Waals surface area contributed by atoms with Crippen LogP contribution in [-0.4, -0.2) is 30.6 Å². The van der Waals surface area contributed by atoms with Crippen molar-refractivity contribution in [1.82, 2.24) is 4.90 Å². The lowest BCUT2D eigenvalue weighted by molar-refractivity contribution is -0.384. The van der Waals surface area contributed by atoms with Gasteiger partial charge in [0.15, 0.2) is 11.5 Å². The summed E-state index contributed by atoms with van der Waals surface area (Å²) in [5.41, 5.74) is 6.84. The van der Waals surface area contributed by atoms with Crippen LogP contribution < -0.4 is 9.47 Å². The number of nitrogens with zero attached hydrogens (tertiary/aromatic N) is 2. The molecule has 45 heavy (non-hydrogen) atoms. The molecule has 1 aliphatic heterocycles. The molecule has 6 nitrogen and oxygen atoms in total. The van der Waals surface area contributed by atoms with Crippen molar-refractivity contribution >= 4 is 33.3 Å². The van der Waals surface area contributed by atoms with Gasteiger partial charge in [-0.1, -0.05) is 60.7 Å². The summed E-state index contributed by atoms with van der Waals surface area (Å²) in [6.45, 7) is 1.82. The van der Waals surface area contributed by atoms with Crippen molar-refractivity contribution in [2.75, 3.05) is 20.8 Å². The van der Waals surface area contributed by atoms with Crippen LogP contribution >= 0.6 is 0 Å². The lowest BCUT2D eigenvalue weighted by Crippen LogP contribution is -2.21. The monoisotopic (exact) mass is 600 g/mol. The van der Waals surface area contributed by atoms with E-state index < -0.39 is 0 Å². The molecule has 230 valence electrons. The molecule has 0 atom stereocenters. The molecular formula is C39H40N2O4. The number of non-ortho nitro benzene ring substituents is 1. The summed E-state index contributed by atoms with van der Waals surface area (Å²) in [5, 5.41) is 16.3. The highest BCUT2D eigenvalue weighted by Gasteiger charge is 2.16. The zero-order valence-corrected chi connectivity index (χ0v) is 26.1. The predicted octanol–water partition coefficient (Wildman–Crippen LogP) is 9.29. The van der Waals surface area contributed by atoms with Gasteiger partial charge in [-0.3, -0.25) is 10.1 Å². The molecule has 7 rings (SSSR count). The highest BCUT2D eigenvalue weighted by molar-refractivity contribution is 6.08. The first-order valence-electron chi connectivity index (χ1n) is 15.9. The van der Waals surface area contributed by atoms with Gasteiger partial charge in [0.2, 0.25) is 0 Å². The van der Waals surface area contributed by atoms with Crippen LogP contribution in [0.15, 0.2) is 91.1 Å². The van der Waals surface area contributed by atoms with Crippen LogP contribution in [0.25, 0.3) is 27.6 Å². The number of ether oxygens (including phenoxy) is 2. The van der Waals surface area contributed by atoms with Crippen molar-refractivity contribution in [2.45, 2.75) is 51.5 Å². The third-order valence-corrected chi connectivity index (χ3v) is 9.05. The zero-order valence-electron chi connectivity index (χ0n) is 26.1. The molecule has 0 bridgehead atoms. The number of hydrogen-bond acceptors (Lipinski definition) is 5. The second kappa shape index (κ2) is 13.9. The number of rotatable bonds is 8. The molecule has 0 spiro atoms. The fourth-order valence-corrected chi connectivity index (χ4v) is 6.61. The minimum absolute atomic E-state index is 0.142. The predicted molar refractivity (Wildman–Crippen MR) is 183 cm³/mol. The molecule has 1 heterocycles. The summed E-state index contributed by atoms with van der Waals surface area (Å²) < 4.78 is 10.8. The molecule has 0 fully saturated rings. The average molecular weight is 601 g/mol. The van der Waals surface area contributed by atoms with Crippen molar-refractivity contribution in [2.24, 2.45) is 0 Å². The van der Waals surface area contributed by atoms with Crippen LogP contribution in [0.1, 0.15) is 53.5 Å². The molecule has 0 saturated carbocycles. The Bertz CT molecular complexity index is 1840. The highest BCUT2D eigenvalue weighted by Crippen LogP contribution is 2.34. The quantitative estimate of drug-likeness (QED) is 0.0769. The maximum Gasteiger partial charge on any atom is 0.269 e. The molecule has 2 aliphatic rings. The summed E-state index contributed by atoms with van der Waals surface area (Å²) in [4.78, 5) is 12.6. The largest absolute Gasteiger partial charge is 0.493 e. The Morgan fingerprint density at radius 2 is 1.53 bits per heavy atom. The second-order valence-corrected chi connectivity index (χ2v) is 11.9. The normalized spacial score (nSPS) is 13.5. The van der Waals surface area contributed by atoms with Crippen LogP contribution in [-0.2, 0) is 25.8 Å². The van der Waals surface area contributed by atoms with Gasteiger partial charge in [0.05, 0.1) is 19.1 Å². The summed E-state index contributed by atoms with van der Waals surface area (Å²) in [6.07, 6.45) is 12.5. The first-order valence-corrected chi connectivity index (χ1v) is 15.9. The zero-order chi connectivity index (χ0) is 31.2. The molecular weight excluding hydrogens is 560 g/mol. The summed E-state index contributed by atoms with van der Waals surface area (Å²) in [7, 11) is 3.30. The molecule has 6 heteroatoms. The molecule has 1 aliphatic carbocycles. The van der Waals surface area contributed by atoms with Crippen LogP contribution in [0.2, 0.25) is 0 Å². The highest BCUT2D eigenvalue weighted by atomic mass is 16.6. The van der Waals surface area contributed by atoms with Crippen LogP contribution in [0, 0.1) is 10.1 Å².